The van der Waals surface area contributed by atoms with Crippen molar-refractivity contribution in [2.75, 3.05) is 13.7 Å². The fraction of sp³-hybridized carbons (Fsp3) is 0.333. The first kappa shape index (κ1) is 26.1. The van der Waals surface area contributed by atoms with E-state index in [1.54, 1.807) is 25.1 Å². The van der Waals surface area contributed by atoms with E-state index >= 15 is 0 Å². The van der Waals surface area contributed by atoms with Crippen LogP contribution in [-0.4, -0.2) is 25.5 Å². The first-order chi connectivity index (χ1) is 17.6. The van der Waals surface area contributed by atoms with E-state index in [0.29, 0.717) is 47.5 Å². The number of rotatable bonds is 7. The van der Waals surface area contributed by atoms with Gasteiger partial charge in [0, 0.05) is 24.0 Å². The first-order valence-corrected chi connectivity index (χ1v) is 11.7. The van der Waals surface area contributed by atoms with Crippen LogP contribution in [0.4, 0.5) is 13.2 Å². The lowest BCUT2D eigenvalue weighted by Gasteiger charge is -2.32. The number of esters is 1. The Labute approximate surface area is 211 Å². The molecule has 4 rings (SSSR count). The summed E-state index contributed by atoms with van der Waals surface area (Å²) < 4.78 is 61.3. The molecule has 1 atom stereocenters. The zero-order valence-corrected chi connectivity index (χ0v) is 20.3. The van der Waals surface area contributed by atoms with Crippen LogP contribution in [0.15, 0.2) is 65.3 Å². The van der Waals surface area contributed by atoms with Crippen molar-refractivity contribution >= 4 is 11.8 Å². The van der Waals surface area contributed by atoms with E-state index in [2.05, 4.69) is 0 Å². The Kier molecular flexibility index (Phi) is 7.47. The van der Waals surface area contributed by atoms with Crippen molar-refractivity contribution in [2.45, 2.75) is 44.9 Å². The van der Waals surface area contributed by atoms with Gasteiger partial charge in [0.25, 0.3) is 0 Å². The number of ether oxygens (including phenoxy) is 4. The average molecular weight is 518 g/mol. The molecule has 1 aliphatic carbocycles. The Hall–Kier alpha value is -3.95. The van der Waals surface area contributed by atoms with E-state index in [4.69, 9.17) is 24.7 Å². The molecule has 0 saturated carbocycles. The average Bonchev–Trinajstić information content (AvgIpc) is 2.86. The molecule has 0 bridgehead atoms. The van der Waals surface area contributed by atoms with Gasteiger partial charge >= 0.3 is 12.1 Å². The molecular formula is C27H26F3NO6. The van der Waals surface area contributed by atoms with E-state index in [0.717, 1.165) is 12.1 Å². The minimum absolute atomic E-state index is 0.0192. The standard InChI is InChI=1S/C27H26F3NO6/c1-3-35-26(33)24-22(23-19(32)8-5-9-21(23)37-25(24)31)15-10-11-20(34-2)16(12-15)14-36-18-7-4-6-17(13-18)27(28,29)30/h4,6-7,10-13,22H,3,5,8-9,14,31H2,1-2H3/t22-/m0/s1. The number of nitrogens with two attached hydrogens (primary N) is 1. The van der Waals surface area contributed by atoms with E-state index in [1.807, 2.05) is 0 Å². The quantitative estimate of drug-likeness (QED) is 0.508. The summed E-state index contributed by atoms with van der Waals surface area (Å²) in [5.41, 5.74) is 6.71. The van der Waals surface area contributed by atoms with Crippen molar-refractivity contribution in [1.82, 2.24) is 0 Å². The number of alkyl halides is 3. The molecule has 0 unspecified atom stereocenters. The second-order valence-electron chi connectivity index (χ2n) is 8.53. The van der Waals surface area contributed by atoms with Crippen LogP contribution in [0.1, 0.15) is 48.8 Å². The molecule has 0 fully saturated rings. The molecule has 0 amide bonds. The number of Topliss-reactive ketones (excluding diaryl/α,β-unsaturated/α-hetero) is 1. The van der Waals surface area contributed by atoms with Crippen LogP contribution < -0.4 is 15.2 Å². The van der Waals surface area contributed by atoms with Gasteiger partial charge in [0.1, 0.15) is 29.4 Å². The second-order valence-corrected chi connectivity index (χ2v) is 8.53. The van der Waals surface area contributed by atoms with Gasteiger partial charge in [0.15, 0.2) is 5.78 Å². The van der Waals surface area contributed by atoms with Crippen LogP contribution >= 0.6 is 0 Å². The van der Waals surface area contributed by atoms with E-state index < -0.39 is 23.6 Å². The zero-order valence-electron chi connectivity index (χ0n) is 20.3. The van der Waals surface area contributed by atoms with Crippen LogP contribution in [0, 0.1) is 0 Å². The fourth-order valence-electron chi connectivity index (χ4n) is 4.51. The molecule has 1 heterocycles. The molecule has 10 heteroatoms. The number of methoxy groups -OCH3 is 1. The lowest BCUT2D eigenvalue weighted by atomic mass is 9.77. The van der Waals surface area contributed by atoms with Gasteiger partial charge in [-0.1, -0.05) is 12.1 Å². The number of allylic oxidation sites excluding steroid dienone is 2. The topological polar surface area (TPSA) is 97.1 Å². The van der Waals surface area contributed by atoms with Gasteiger partial charge in [-0.25, -0.2) is 4.79 Å². The highest BCUT2D eigenvalue weighted by Gasteiger charge is 2.41. The van der Waals surface area contributed by atoms with Crippen LogP contribution in [0.25, 0.3) is 0 Å². The van der Waals surface area contributed by atoms with Gasteiger partial charge < -0.3 is 24.7 Å². The van der Waals surface area contributed by atoms with Crippen LogP contribution in [0.3, 0.4) is 0 Å². The van der Waals surface area contributed by atoms with Crippen LogP contribution in [0.5, 0.6) is 11.5 Å². The highest BCUT2D eigenvalue weighted by molar-refractivity contribution is 6.03. The summed E-state index contributed by atoms with van der Waals surface area (Å²) in [6.07, 6.45) is -3.11. The summed E-state index contributed by atoms with van der Waals surface area (Å²) in [7, 11) is 1.45. The number of hydrogen-bond donors (Lipinski definition) is 1. The lowest BCUT2D eigenvalue weighted by molar-refractivity contribution is -0.139. The predicted octanol–water partition coefficient (Wildman–Crippen LogP) is 5.15. The number of halogens is 3. The monoisotopic (exact) mass is 517 g/mol. The first-order valence-electron chi connectivity index (χ1n) is 11.7. The molecule has 196 valence electrons. The Morgan fingerprint density at radius 2 is 1.95 bits per heavy atom. The smallest absolute Gasteiger partial charge is 0.416 e. The highest BCUT2D eigenvalue weighted by atomic mass is 19.4. The van der Waals surface area contributed by atoms with Crippen molar-refractivity contribution in [3.8, 4) is 11.5 Å². The minimum Gasteiger partial charge on any atom is -0.496 e. The fourth-order valence-corrected chi connectivity index (χ4v) is 4.51. The summed E-state index contributed by atoms with van der Waals surface area (Å²) in [5.74, 6) is -0.961. The van der Waals surface area contributed by atoms with Crippen molar-refractivity contribution in [3.05, 3.63) is 81.9 Å². The molecule has 0 radical (unpaired) electrons. The molecule has 0 spiro atoms. The van der Waals surface area contributed by atoms with Crippen LogP contribution in [-0.2, 0) is 31.8 Å². The maximum absolute atomic E-state index is 13.1. The van der Waals surface area contributed by atoms with E-state index in [1.165, 1.54) is 19.2 Å². The molecule has 2 aromatic carbocycles. The maximum atomic E-state index is 13.1. The van der Waals surface area contributed by atoms with Gasteiger partial charge in [0.05, 0.1) is 25.2 Å². The second kappa shape index (κ2) is 10.6. The third kappa shape index (κ3) is 5.42. The minimum atomic E-state index is -4.51. The van der Waals surface area contributed by atoms with Gasteiger partial charge in [-0.3, -0.25) is 4.79 Å². The Morgan fingerprint density at radius 3 is 2.65 bits per heavy atom. The number of ketones is 1. The third-order valence-corrected chi connectivity index (χ3v) is 6.17. The molecular weight excluding hydrogens is 491 g/mol. The molecule has 2 N–H and O–H groups in total. The molecule has 0 saturated heterocycles. The summed E-state index contributed by atoms with van der Waals surface area (Å²) in [6.45, 7) is 1.62. The van der Waals surface area contributed by atoms with Crippen molar-refractivity contribution < 1.29 is 41.7 Å². The Bertz CT molecular complexity index is 1280. The van der Waals surface area contributed by atoms with Crippen LogP contribution in [0.2, 0.25) is 0 Å². The lowest BCUT2D eigenvalue weighted by Crippen LogP contribution is -2.31. The molecule has 7 nitrogen and oxygen atoms in total. The van der Waals surface area contributed by atoms with Gasteiger partial charge in [-0.15, -0.1) is 0 Å². The summed E-state index contributed by atoms with van der Waals surface area (Å²) >= 11 is 0. The van der Waals surface area contributed by atoms with Crippen molar-refractivity contribution in [2.24, 2.45) is 5.73 Å². The van der Waals surface area contributed by atoms with Gasteiger partial charge in [0.2, 0.25) is 5.88 Å². The van der Waals surface area contributed by atoms with Crippen molar-refractivity contribution in [1.29, 1.82) is 0 Å². The zero-order chi connectivity index (χ0) is 26.7. The molecule has 2 aromatic rings. The highest BCUT2D eigenvalue weighted by Crippen LogP contribution is 2.45. The van der Waals surface area contributed by atoms with E-state index in [-0.39, 0.29) is 36.2 Å². The molecule has 37 heavy (non-hydrogen) atoms. The Morgan fingerprint density at radius 1 is 1.16 bits per heavy atom. The number of carbonyl (C=O) groups is 2. The van der Waals surface area contributed by atoms with E-state index in [9.17, 15) is 22.8 Å². The number of hydrogen-bond acceptors (Lipinski definition) is 7. The summed E-state index contributed by atoms with van der Waals surface area (Å²) in [5, 5.41) is 0. The van der Waals surface area contributed by atoms with Gasteiger partial charge in [-0.2, -0.15) is 13.2 Å². The molecule has 0 aromatic heterocycles. The Balaban J connectivity index is 1.73. The SMILES string of the molecule is CCOC(=O)C1=C(N)OC2=C(C(=O)CCC2)[C@@H]1c1ccc(OC)c(COc2cccc(C(F)(F)F)c2)c1. The predicted molar refractivity (Wildman–Crippen MR) is 126 cm³/mol. The normalized spacial score (nSPS) is 17.8. The number of carbonyl (C=O) groups excluding carboxylic acids is 2. The molecule has 1 aliphatic heterocycles. The number of benzene rings is 2. The van der Waals surface area contributed by atoms with Crippen molar-refractivity contribution in [3.63, 3.8) is 0 Å². The summed E-state index contributed by atoms with van der Waals surface area (Å²) in [4.78, 5) is 25.9. The molecule has 2 aliphatic rings. The van der Waals surface area contributed by atoms with Gasteiger partial charge in [-0.05, 0) is 49.2 Å². The maximum Gasteiger partial charge on any atom is 0.416 e. The largest absolute Gasteiger partial charge is 0.496 e. The summed E-state index contributed by atoms with van der Waals surface area (Å²) in [6, 6.07) is 9.57. The third-order valence-electron chi connectivity index (χ3n) is 6.17.